The Morgan fingerprint density at radius 1 is 1.18 bits per heavy atom. The van der Waals surface area contributed by atoms with Crippen molar-refractivity contribution in [1.82, 2.24) is 10.2 Å². The highest BCUT2D eigenvalue weighted by atomic mass is 19.4. The van der Waals surface area contributed by atoms with E-state index in [9.17, 15) is 18.0 Å². The predicted molar refractivity (Wildman–Crippen MR) is 76.0 cm³/mol. The molecule has 1 aromatic carbocycles. The largest absolute Gasteiger partial charge is 0.416 e. The summed E-state index contributed by atoms with van der Waals surface area (Å²) >= 11 is 0. The fourth-order valence-corrected chi connectivity index (χ4v) is 3.45. The van der Waals surface area contributed by atoms with E-state index in [0.717, 1.165) is 43.6 Å². The second kappa shape index (κ2) is 5.91. The van der Waals surface area contributed by atoms with Gasteiger partial charge in [-0.25, -0.2) is 0 Å². The molecule has 0 aromatic heterocycles. The molecule has 0 unspecified atom stereocenters. The van der Waals surface area contributed by atoms with Crippen LogP contribution < -0.4 is 5.32 Å². The Kier molecular flexibility index (Phi) is 4.12. The van der Waals surface area contributed by atoms with Gasteiger partial charge in [0.15, 0.2) is 0 Å². The molecule has 3 nitrogen and oxygen atoms in total. The van der Waals surface area contributed by atoms with Gasteiger partial charge in [0.2, 0.25) is 5.91 Å². The Morgan fingerprint density at radius 3 is 2.59 bits per heavy atom. The summed E-state index contributed by atoms with van der Waals surface area (Å²) in [4.78, 5) is 14.1. The monoisotopic (exact) mass is 312 g/mol. The minimum atomic E-state index is -4.32. The molecule has 2 fully saturated rings. The Bertz CT molecular complexity index is 541. The van der Waals surface area contributed by atoms with Crippen LogP contribution in [0.15, 0.2) is 24.3 Å². The van der Waals surface area contributed by atoms with Gasteiger partial charge in [-0.2, -0.15) is 13.2 Å². The Labute approximate surface area is 127 Å². The molecule has 0 aliphatic carbocycles. The van der Waals surface area contributed by atoms with Crippen LogP contribution in [0.25, 0.3) is 0 Å². The van der Waals surface area contributed by atoms with Crippen LogP contribution in [0.2, 0.25) is 0 Å². The van der Waals surface area contributed by atoms with Gasteiger partial charge in [-0.15, -0.1) is 0 Å². The Hall–Kier alpha value is -1.56. The zero-order chi connectivity index (χ0) is 15.7. The van der Waals surface area contributed by atoms with Crippen LogP contribution in [0.1, 0.15) is 30.4 Å². The first-order valence-electron chi connectivity index (χ1n) is 7.61. The number of nitrogens with one attached hydrogen (secondary N) is 1. The number of benzene rings is 1. The van der Waals surface area contributed by atoms with E-state index in [1.165, 1.54) is 12.1 Å². The van der Waals surface area contributed by atoms with E-state index in [2.05, 4.69) is 5.32 Å². The zero-order valence-corrected chi connectivity index (χ0v) is 12.2. The molecule has 2 aliphatic heterocycles. The number of alkyl halides is 3. The number of rotatable bonds is 2. The molecule has 1 N–H and O–H groups in total. The molecule has 120 valence electrons. The number of amides is 1. The molecule has 2 heterocycles. The Morgan fingerprint density at radius 2 is 1.91 bits per heavy atom. The van der Waals surface area contributed by atoms with Gasteiger partial charge < -0.3 is 10.2 Å². The summed E-state index contributed by atoms with van der Waals surface area (Å²) in [7, 11) is 0. The summed E-state index contributed by atoms with van der Waals surface area (Å²) in [6.07, 6.45) is -1.97. The molecule has 6 heteroatoms. The maximum Gasteiger partial charge on any atom is 0.416 e. The molecule has 2 atom stereocenters. The van der Waals surface area contributed by atoms with Crippen molar-refractivity contribution in [3.63, 3.8) is 0 Å². The number of carbonyl (C=O) groups excluding carboxylic acids is 1. The van der Waals surface area contributed by atoms with E-state index < -0.39 is 11.7 Å². The molecule has 3 rings (SSSR count). The second-order valence-electron chi connectivity index (χ2n) is 6.08. The number of hydrogen-bond donors (Lipinski definition) is 1. The van der Waals surface area contributed by atoms with Crippen LogP contribution in [0.3, 0.4) is 0 Å². The van der Waals surface area contributed by atoms with Gasteiger partial charge in [0.25, 0.3) is 0 Å². The summed E-state index contributed by atoms with van der Waals surface area (Å²) in [5.41, 5.74) is 0.0986. The van der Waals surface area contributed by atoms with Crippen LogP contribution in [0.5, 0.6) is 0 Å². The molecule has 2 aliphatic rings. The van der Waals surface area contributed by atoms with Gasteiger partial charge in [-0.05, 0) is 49.5 Å². The SMILES string of the molecule is O=C1CC[C@@H]2CNCC[C@@H]2N1Cc1ccc(C(F)(F)F)cc1. The number of piperidine rings is 2. The molecule has 0 bridgehead atoms. The van der Waals surface area contributed by atoms with Gasteiger partial charge >= 0.3 is 6.18 Å². The van der Waals surface area contributed by atoms with Gasteiger partial charge in [0, 0.05) is 19.0 Å². The number of carbonyl (C=O) groups is 1. The first-order valence-corrected chi connectivity index (χ1v) is 7.61. The van der Waals surface area contributed by atoms with Crippen molar-refractivity contribution in [3.8, 4) is 0 Å². The third kappa shape index (κ3) is 3.11. The van der Waals surface area contributed by atoms with Crippen molar-refractivity contribution < 1.29 is 18.0 Å². The number of likely N-dealkylation sites (tertiary alicyclic amines) is 1. The van der Waals surface area contributed by atoms with Gasteiger partial charge in [0.05, 0.1) is 5.56 Å². The molecule has 0 spiro atoms. The number of nitrogens with zero attached hydrogens (tertiary/aromatic N) is 1. The fraction of sp³-hybridized carbons (Fsp3) is 0.562. The van der Waals surface area contributed by atoms with E-state index in [-0.39, 0.29) is 11.9 Å². The van der Waals surface area contributed by atoms with E-state index in [4.69, 9.17) is 0 Å². The van der Waals surface area contributed by atoms with Crippen LogP contribution in [-0.4, -0.2) is 29.9 Å². The van der Waals surface area contributed by atoms with E-state index in [0.29, 0.717) is 18.9 Å². The lowest BCUT2D eigenvalue weighted by Gasteiger charge is -2.44. The topological polar surface area (TPSA) is 32.3 Å². The minimum absolute atomic E-state index is 0.114. The van der Waals surface area contributed by atoms with Crippen LogP contribution in [0, 0.1) is 5.92 Å². The van der Waals surface area contributed by atoms with E-state index in [1.54, 1.807) is 0 Å². The summed E-state index contributed by atoms with van der Waals surface area (Å²) in [6.45, 7) is 2.21. The average Bonchev–Trinajstić information content (AvgIpc) is 2.50. The maximum absolute atomic E-state index is 12.6. The molecule has 1 aromatic rings. The molecule has 0 radical (unpaired) electrons. The fourth-order valence-electron chi connectivity index (χ4n) is 3.45. The Balaban J connectivity index is 1.74. The lowest BCUT2D eigenvalue weighted by atomic mass is 9.84. The van der Waals surface area contributed by atoms with Crippen molar-refractivity contribution >= 4 is 5.91 Å². The zero-order valence-electron chi connectivity index (χ0n) is 12.2. The number of halogens is 3. The average molecular weight is 312 g/mol. The van der Waals surface area contributed by atoms with Crippen molar-refractivity contribution in [1.29, 1.82) is 0 Å². The van der Waals surface area contributed by atoms with Gasteiger partial charge in [-0.3, -0.25) is 4.79 Å². The smallest absolute Gasteiger partial charge is 0.335 e. The third-order valence-corrected chi connectivity index (χ3v) is 4.65. The summed E-state index contributed by atoms with van der Waals surface area (Å²) in [5, 5.41) is 3.34. The first kappa shape index (κ1) is 15.3. The van der Waals surface area contributed by atoms with E-state index >= 15 is 0 Å². The highest BCUT2D eigenvalue weighted by Gasteiger charge is 2.37. The highest BCUT2D eigenvalue weighted by molar-refractivity contribution is 5.77. The molecule has 0 saturated carbocycles. The molecule has 1 amide bonds. The highest BCUT2D eigenvalue weighted by Crippen LogP contribution is 2.31. The van der Waals surface area contributed by atoms with Gasteiger partial charge in [0.1, 0.15) is 0 Å². The summed E-state index contributed by atoms with van der Waals surface area (Å²) in [6, 6.07) is 5.33. The normalized spacial score (nSPS) is 26.0. The van der Waals surface area contributed by atoms with Crippen molar-refractivity contribution in [2.75, 3.05) is 13.1 Å². The van der Waals surface area contributed by atoms with Gasteiger partial charge in [-0.1, -0.05) is 12.1 Å². The van der Waals surface area contributed by atoms with E-state index in [1.807, 2.05) is 4.90 Å². The molecular weight excluding hydrogens is 293 g/mol. The van der Waals surface area contributed by atoms with Crippen LogP contribution in [-0.2, 0) is 17.5 Å². The first-order chi connectivity index (χ1) is 10.4. The quantitative estimate of drug-likeness (QED) is 0.911. The van der Waals surface area contributed by atoms with Crippen LogP contribution in [0.4, 0.5) is 13.2 Å². The lowest BCUT2D eigenvalue weighted by Crippen LogP contribution is -2.54. The van der Waals surface area contributed by atoms with Crippen LogP contribution >= 0.6 is 0 Å². The standard InChI is InChI=1S/C16H19F3N2O/c17-16(18,19)13-4-1-11(2-5-13)10-21-14-7-8-20-9-12(14)3-6-15(21)22/h1-2,4-5,12,14,20H,3,6-10H2/t12-,14+/m1/s1. The molecule has 2 saturated heterocycles. The molecular formula is C16H19F3N2O. The second-order valence-corrected chi connectivity index (χ2v) is 6.08. The minimum Gasteiger partial charge on any atom is -0.335 e. The third-order valence-electron chi connectivity index (χ3n) is 4.65. The number of hydrogen-bond acceptors (Lipinski definition) is 2. The summed E-state index contributed by atoms with van der Waals surface area (Å²) < 4.78 is 37.8. The van der Waals surface area contributed by atoms with Crippen molar-refractivity contribution in [3.05, 3.63) is 35.4 Å². The predicted octanol–water partition coefficient (Wildman–Crippen LogP) is 2.81. The maximum atomic E-state index is 12.6. The van der Waals surface area contributed by atoms with Crippen molar-refractivity contribution in [2.24, 2.45) is 5.92 Å². The van der Waals surface area contributed by atoms with Crippen molar-refractivity contribution in [2.45, 2.75) is 38.0 Å². The lowest BCUT2D eigenvalue weighted by molar-refractivity contribution is -0.141. The molecule has 22 heavy (non-hydrogen) atoms. The number of fused-ring (bicyclic) bond motifs is 1. The summed E-state index contributed by atoms with van der Waals surface area (Å²) in [5.74, 6) is 0.573.